The number of fused-ring (bicyclic) bond motifs is 1. The Bertz CT molecular complexity index is 1040. The van der Waals surface area contributed by atoms with E-state index in [2.05, 4.69) is 0 Å². The number of hydrogen-bond acceptors (Lipinski definition) is 5. The van der Waals surface area contributed by atoms with Crippen LogP contribution < -0.4 is 10.3 Å². The Hall–Kier alpha value is -3.42. The van der Waals surface area contributed by atoms with Gasteiger partial charge >= 0.3 is 0 Å². The van der Waals surface area contributed by atoms with Crippen molar-refractivity contribution in [1.29, 1.82) is 0 Å². The molecule has 1 aromatic carbocycles. The quantitative estimate of drug-likeness (QED) is 0.469. The van der Waals surface area contributed by atoms with Gasteiger partial charge in [0.1, 0.15) is 11.4 Å². The Morgan fingerprint density at radius 1 is 1.26 bits per heavy atom. The lowest BCUT2D eigenvalue weighted by Crippen LogP contribution is -2.43. The van der Waals surface area contributed by atoms with E-state index in [-0.39, 0.29) is 11.2 Å². The Labute approximate surface area is 155 Å². The molecule has 1 aromatic heterocycles. The lowest BCUT2D eigenvalue weighted by Gasteiger charge is -2.40. The third-order valence-electron chi connectivity index (χ3n) is 4.57. The van der Waals surface area contributed by atoms with Crippen molar-refractivity contribution in [2.75, 3.05) is 7.05 Å². The van der Waals surface area contributed by atoms with Crippen LogP contribution in [0.3, 0.4) is 0 Å². The second-order valence-corrected chi connectivity index (χ2v) is 6.77. The van der Waals surface area contributed by atoms with Crippen LogP contribution in [0.5, 0.6) is 5.75 Å². The number of pyridine rings is 1. The first-order valence-electron chi connectivity index (χ1n) is 8.27. The average Bonchev–Trinajstić information content (AvgIpc) is 2.59. The molecule has 0 spiro atoms. The summed E-state index contributed by atoms with van der Waals surface area (Å²) in [6, 6.07) is 7.58. The molecule has 2 aromatic rings. The monoisotopic (exact) mass is 369 g/mol. The third kappa shape index (κ3) is 2.88. The van der Waals surface area contributed by atoms with Gasteiger partial charge in [0, 0.05) is 30.9 Å². The van der Waals surface area contributed by atoms with E-state index in [0.29, 0.717) is 34.7 Å². The summed E-state index contributed by atoms with van der Waals surface area (Å²) in [5.74, 6) is 0.414. The topological polar surface area (TPSA) is 94.7 Å². The largest absolute Gasteiger partial charge is 0.481 e. The molecule has 8 heteroatoms. The molecule has 2 heterocycles. The molecule has 140 valence electrons. The highest BCUT2D eigenvalue weighted by molar-refractivity contribution is 5.82. The molecule has 27 heavy (non-hydrogen) atoms. The number of amides is 1. The number of benzene rings is 1. The van der Waals surface area contributed by atoms with Gasteiger partial charge in [-0.05, 0) is 32.9 Å². The number of aromatic nitrogens is 1. The summed E-state index contributed by atoms with van der Waals surface area (Å²) in [6.45, 7) is 5.15. The molecule has 0 unspecified atom stereocenters. The molecular formula is C19H19N3O5. The maximum atomic E-state index is 12.6. The summed E-state index contributed by atoms with van der Waals surface area (Å²) >= 11 is 0. The number of likely N-dealkylation sites (N-methyl/N-ethyl adjacent to an activating group) is 1. The fourth-order valence-corrected chi connectivity index (χ4v) is 3.47. The molecule has 0 N–H and O–H groups in total. The first-order valence-corrected chi connectivity index (χ1v) is 8.27. The number of nitro groups is 1. The van der Waals surface area contributed by atoms with Gasteiger partial charge in [-0.2, -0.15) is 0 Å². The molecule has 1 aliphatic heterocycles. The SMILES string of the molecule is Cc1c([N+](=O)[O-])ccc2c1C(n1ccccc1=O)=C(N(C)C=O)C(C)(C)O2. The summed E-state index contributed by atoms with van der Waals surface area (Å²) in [6.07, 6.45) is 2.19. The van der Waals surface area contributed by atoms with Crippen molar-refractivity contribution in [3.05, 3.63) is 73.8 Å². The minimum atomic E-state index is -0.949. The van der Waals surface area contributed by atoms with Gasteiger partial charge in [-0.3, -0.25) is 24.3 Å². The van der Waals surface area contributed by atoms with E-state index in [1.807, 2.05) is 0 Å². The molecule has 1 amide bonds. The number of nitro benzene ring substituents is 1. The van der Waals surface area contributed by atoms with Crippen LogP contribution in [0.15, 0.2) is 47.0 Å². The predicted octanol–water partition coefficient (Wildman–Crippen LogP) is 2.54. The highest BCUT2D eigenvalue weighted by atomic mass is 16.6. The van der Waals surface area contributed by atoms with Gasteiger partial charge in [-0.25, -0.2) is 0 Å². The van der Waals surface area contributed by atoms with E-state index in [0.717, 1.165) is 0 Å². The van der Waals surface area contributed by atoms with Gasteiger partial charge in [0.25, 0.3) is 11.2 Å². The number of hydrogen-bond donors (Lipinski definition) is 0. The molecule has 0 radical (unpaired) electrons. The summed E-state index contributed by atoms with van der Waals surface area (Å²) < 4.78 is 7.45. The molecule has 0 saturated heterocycles. The molecule has 8 nitrogen and oxygen atoms in total. The van der Waals surface area contributed by atoms with Crippen LogP contribution in [0.25, 0.3) is 5.70 Å². The van der Waals surface area contributed by atoms with Crippen LogP contribution in [-0.4, -0.2) is 33.4 Å². The standard InChI is InChI=1S/C19H19N3O5/c1-12-13(22(25)26)8-9-14-16(12)17(21-10-6-5-7-15(21)24)18(20(4)11-23)19(2,3)27-14/h5-11H,1-4H3. The van der Waals surface area contributed by atoms with E-state index in [9.17, 15) is 19.7 Å². The zero-order valence-corrected chi connectivity index (χ0v) is 15.4. The van der Waals surface area contributed by atoms with Crippen LogP contribution in [0.1, 0.15) is 25.0 Å². The fraction of sp³-hybridized carbons (Fsp3) is 0.263. The molecule has 0 fully saturated rings. The number of nitrogens with zero attached hydrogens (tertiary/aromatic N) is 3. The van der Waals surface area contributed by atoms with Gasteiger partial charge in [-0.15, -0.1) is 0 Å². The van der Waals surface area contributed by atoms with Crippen LogP contribution in [0, 0.1) is 17.0 Å². The minimum absolute atomic E-state index is 0.0911. The molecule has 0 saturated carbocycles. The summed E-state index contributed by atoms with van der Waals surface area (Å²) in [5.41, 5.74) is 0.238. The molecule has 0 bridgehead atoms. The van der Waals surface area contributed by atoms with Gasteiger partial charge < -0.3 is 9.64 Å². The molecule has 0 atom stereocenters. The Morgan fingerprint density at radius 2 is 1.96 bits per heavy atom. The lowest BCUT2D eigenvalue weighted by atomic mass is 9.91. The zero-order valence-electron chi connectivity index (χ0n) is 15.4. The molecule has 3 rings (SSSR count). The van der Waals surface area contributed by atoms with Crippen molar-refractivity contribution in [1.82, 2.24) is 9.47 Å². The summed E-state index contributed by atoms with van der Waals surface area (Å²) in [7, 11) is 1.55. The first-order chi connectivity index (χ1) is 12.7. The smallest absolute Gasteiger partial charge is 0.273 e. The van der Waals surface area contributed by atoms with E-state index in [1.54, 1.807) is 46.1 Å². The fourth-order valence-electron chi connectivity index (χ4n) is 3.47. The van der Waals surface area contributed by atoms with Gasteiger partial charge in [0.2, 0.25) is 6.41 Å². The first kappa shape index (κ1) is 18.4. The van der Waals surface area contributed by atoms with E-state index < -0.39 is 10.5 Å². The van der Waals surface area contributed by atoms with Crippen LogP contribution in [0.2, 0.25) is 0 Å². The summed E-state index contributed by atoms with van der Waals surface area (Å²) in [4.78, 5) is 36.4. The lowest BCUT2D eigenvalue weighted by molar-refractivity contribution is -0.385. The molecular weight excluding hydrogens is 350 g/mol. The van der Waals surface area contributed by atoms with Crippen molar-refractivity contribution in [3.8, 4) is 5.75 Å². The Balaban J connectivity index is 2.52. The second kappa shape index (κ2) is 6.39. The predicted molar refractivity (Wildman–Crippen MR) is 99.4 cm³/mol. The Morgan fingerprint density at radius 3 is 2.56 bits per heavy atom. The van der Waals surface area contributed by atoms with Gasteiger partial charge in [0.15, 0.2) is 0 Å². The van der Waals surface area contributed by atoms with E-state index in [1.165, 1.54) is 27.7 Å². The second-order valence-electron chi connectivity index (χ2n) is 6.77. The van der Waals surface area contributed by atoms with Gasteiger partial charge in [-0.1, -0.05) is 6.07 Å². The Kier molecular flexibility index (Phi) is 4.35. The normalized spacial score (nSPS) is 15.0. The van der Waals surface area contributed by atoms with Crippen LogP contribution in [-0.2, 0) is 4.79 Å². The van der Waals surface area contributed by atoms with Crippen molar-refractivity contribution in [3.63, 3.8) is 0 Å². The van der Waals surface area contributed by atoms with E-state index in [4.69, 9.17) is 4.74 Å². The third-order valence-corrected chi connectivity index (χ3v) is 4.57. The average molecular weight is 369 g/mol. The van der Waals surface area contributed by atoms with Crippen molar-refractivity contribution in [2.24, 2.45) is 0 Å². The number of carbonyl (C=O) groups is 1. The van der Waals surface area contributed by atoms with Crippen molar-refractivity contribution >= 4 is 17.8 Å². The van der Waals surface area contributed by atoms with Crippen LogP contribution in [0.4, 0.5) is 5.69 Å². The van der Waals surface area contributed by atoms with Gasteiger partial charge in [0.05, 0.1) is 21.9 Å². The van der Waals surface area contributed by atoms with E-state index >= 15 is 0 Å². The maximum absolute atomic E-state index is 12.6. The van der Waals surface area contributed by atoms with Crippen molar-refractivity contribution in [2.45, 2.75) is 26.4 Å². The number of ether oxygens (including phenoxy) is 1. The maximum Gasteiger partial charge on any atom is 0.273 e. The summed E-state index contributed by atoms with van der Waals surface area (Å²) in [5, 5.41) is 11.4. The highest BCUT2D eigenvalue weighted by Crippen LogP contribution is 2.45. The highest BCUT2D eigenvalue weighted by Gasteiger charge is 2.40. The van der Waals surface area contributed by atoms with Crippen molar-refractivity contribution < 1.29 is 14.5 Å². The number of rotatable bonds is 4. The molecule has 0 aliphatic carbocycles. The zero-order chi connectivity index (χ0) is 19.9. The van der Waals surface area contributed by atoms with Crippen LogP contribution >= 0.6 is 0 Å². The molecule has 1 aliphatic rings. The minimum Gasteiger partial charge on any atom is -0.481 e. The number of carbonyl (C=O) groups excluding carboxylic acids is 1.